The molecule has 2 saturated carbocycles. The first-order valence-electron chi connectivity index (χ1n) is 13.7. The lowest BCUT2D eigenvalue weighted by molar-refractivity contribution is 0.219. The Kier molecular flexibility index (Phi) is 10.4. The topological polar surface area (TPSA) is 0 Å². The largest absolute Gasteiger partial charge is 0.0806 e. The quantitative estimate of drug-likeness (QED) is 0.304. The summed E-state index contributed by atoms with van der Waals surface area (Å²) in [5, 5.41) is 0. The summed E-state index contributed by atoms with van der Waals surface area (Å²) in [5.41, 5.74) is 1.71. The zero-order valence-corrected chi connectivity index (χ0v) is 19.8. The maximum atomic E-state index is 2.65. The molecule has 3 aliphatic rings. The van der Waals surface area contributed by atoms with E-state index in [1.165, 1.54) is 116 Å². The van der Waals surface area contributed by atoms with Crippen molar-refractivity contribution in [2.45, 2.75) is 129 Å². The summed E-state index contributed by atoms with van der Waals surface area (Å²) in [6, 6.07) is 0. The van der Waals surface area contributed by atoms with Crippen LogP contribution in [0.5, 0.6) is 0 Å². The molecule has 3 aliphatic carbocycles. The van der Waals surface area contributed by atoms with Gasteiger partial charge in [-0.1, -0.05) is 103 Å². The minimum Gasteiger partial charge on any atom is -0.0806 e. The van der Waals surface area contributed by atoms with Gasteiger partial charge in [-0.25, -0.2) is 0 Å². The highest BCUT2D eigenvalue weighted by molar-refractivity contribution is 5.27. The van der Waals surface area contributed by atoms with E-state index >= 15 is 0 Å². The van der Waals surface area contributed by atoms with Crippen LogP contribution in [0.3, 0.4) is 0 Å². The first kappa shape index (κ1) is 23.1. The lowest BCUT2D eigenvalue weighted by Gasteiger charge is -2.35. The van der Waals surface area contributed by atoms with Crippen LogP contribution in [-0.2, 0) is 0 Å². The molecule has 0 aromatic rings. The fraction of sp³-hybridized carbons (Fsp3) is 0.862. The van der Waals surface area contributed by atoms with Crippen LogP contribution in [0.4, 0.5) is 0 Å². The van der Waals surface area contributed by atoms with Crippen LogP contribution in [0.25, 0.3) is 0 Å². The van der Waals surface area contributed by atoms with Crippen LogP contribution in [0.1, 0.15) is 129 Å². The van der Waals surface area contributed by atoms with E-state index in [4.69, 9.17) is 0 Å². The highest BCUT2D eigenvalue weighted by Crippen LogP contribution is 2.41. The number of allylic oxidation sites excluding steroid dienone is 4. The summed E-state index contributed by atoms with van der Waals surface area (Å²) in [4.78, 5) is 0. The van der Waals surface area contributed by atoms with Gasteiger partial charge in [-0.2, -0.15) is 0 Å². The van der Waals surface area contributed by atoms with Gasteiger partial charge in [-0.15, -0.1) is 0 Å². The zero-order chi connectivity index (χ0) is 20.3. The van der Waals surface area contributed by atoms with E-state index in [0.29, 0.717) is 0 Å². The Labute approximate surface area is 183 Å². The summed E-state index contributed by atoms with van der Waals surface area (Å²) in [6.07, 6.45) is 34.2. The van der Waals surface area contributed by atoms with Crippen LogP contribution < -0.4 is 0 Å². The van der Waals surface area contributed by atoms with E-state index in [1.807, 2.05) is 0 Å². The molecule has 0 aliphatic heterocycles. The molecule has 2 fully saturated rings. The molecule has 3 rings (SSSR count). The van der Waals surface area contributed by atoms with Crippen molar-refractivity contribution in [1.29, 1.82) is 0 Å². The van der Waals surface area contributed by atoms with Gasteiger partial charge in [0.25, 0.3) is 0 Å². The Hall–Kier alpha value is -0.520. The average molecular weight is 399 g/mol. The molecule has 1 unspecified atom stereocenters. The van der Waals surface area contributed by atoms with Crippen molar-refractivity contribution >= 4 is 0 Å². The highest BCUT2D eigenvalue weighted by Gasteiger charge is 2.28. The van der Waals surface area contributed by atoms with Gasteiger partial charge in [0.15, 0.2) is 0 Å². The molecule has 0 heterocycles. The molecule has 0 aromatic heterocycles. The van der Waals surface area contributed by atoms with Crippen molar-refractivity contribution in [1.82, 2.24) is 0 Å². The molecule has 29 heavy (non-hydrogen) atoms. The van der Waals surface area contributed by atoms with Crippen LogP contribution >= 0.6 is 0 Å². The van der Waals surface area contributed by atoms with Gasteiger partial charge in [-0.05, 0) is 80.1 Å². The Bertz CT molecular complexity index is 482. The Morgan fingerprint density at radius 3 is 2.00 bits per heavy atom. The Morgan fingerprint density at radius 2 is 1.34 bits per heavy atom. The molecule has 1 atom stereocenters. The van der Waals surface area contributed by atoms with Crippen LogP contribution in [0, 0.1) is 29.6 Å². The predicted octanol–water partition coefficient (Wildman–Crippen LogP) is 9.65. The number of unbranched alkanes of at least 4 members (excludes halogenated alkanes) is 5. The fourth-order valence-corrected chi connectivity index (χ4v) is 6.62. The minimum atomic E-state index is 0.852. The van der Waals surface area contributed by atoms with Gasteiger partial charge in [0, 0.05) is 0 Å². The molecular formula is C29H50. The molecule has 0 N–H and O–H groups in total. The summed E-state index contributed by atoms with van der Waals surface area (Å²) in [7, 11) is 0. The van der Waals surface area contributed by atoms with Gasteiger partial charge >= 0.3 is 0 Å². The lowest BCUT2D eigenvalue weighted by atomic mass is 9.71. The molecule has 0 radical (unpaired) electrons. The first-order chi connectivity index (χ1) is 14.3. The fourth-order valence-electron chi connectivity index (χ4n) is 6.62. The van der Waals surface area contributed by atoms with E-state index in [2.05, 4.69) is 32.1 Å². The van der Waals surface area contributed by atoms with E-state index in [-0.39, 0.29) is 0 Å². The van der Waals surface area contributed by atoms with Gasteiger partial charge in [-0.3, -0.25) is 0 Å². The van der Waals surface area contributed by atoms with Crippen LogP contribution in [0.15, 0.2) is 23.8 Å². The third-order valence-electron chi connectivity index (χ3n) is 8.64. The third-order valence-corrected chi connectivity index (χ3v) is 8.64. The molecule has 0 aromatic carbocycles. The molecule has 0 saturated heterocycles. The third kappa shape index (κ3) is 7.59. The first-order valence-corrected chi connectivity index (χ1v) is 13.7. The van der Waals surface area contributed by atoms with Gasteiger partial charge in [0.05, 0.1) is 0 Å². The summed E-state index contributed by atoms with van der Waals surface area (Å²) >= 11 is 0. The zero-order valence-electron chi connectivity index (χ0n) is 19.8. The molecule has 166 valence electrons. The number of hydrogen-bond acceptors (Lipinski definition) is 0. The maximum absolute atomic E-state index is 2.65. The second kappa shape index (κ2) is 13.0. The SMILES string of the molecule is CCCCCCCCC1CCC(C2=CCC(C3CCC(CCC)CC3)C=C2)CC1. The van der Waals surface area contributed by atoms with Crippen molar-refractivity contribution < 1.29 is 0 Å². The van der Waals surface area contributed by atoms with Gasteiger partial charge in [0.1, 0.15) is 0 Å². The van der Waals surface area contributed by atoms with Gasteiger partial charge < -0.3 is 0 Å². The lowest BCUT2D eigenvalue weighted by Crippen LogP contribution is -2.22. The van der Waals surface area contributed by atoms with E-state index in [0.717, 1.165) is 29.6 Å². The van der Waals surface area contributed by atoms with Crippen molar-refractivity contribution in [3.63, 3.8) is 0 Å². The summed E-state index contributed by atoms with van der Waals surface area (Å²) in [5.74, 6) is 4.79. The van der Waals surface area contributed by atoms with Crippen molar-refractivity contribution in [3.8, 4) is 0 Å². The maximum Gasteiger partial charge on any atom is -0.0165 e. The second-order valence-corrected chi connectivity index (χ2v) is 10.8. The molecular weight excluding hydrogens is 348 g/mol. The summed E-state index contributed by atoms with van der Waals surface area (Å²) < 4.78 is 0. The van der Waals surface area contributed by atoms with Crippen LogP contribution in [0.2, 0.25) is 0 Å². The average Bonchev–Trinajstić information content (AvgIpc) is 2.78. The molecule has 0 bridgehead atoms. The van der Waals surface area contributed by atoms with E-state index in [1.54, 1.807) is 5.57 Å². The molecule has 0 amide bonds. The van der Waals surface area contributed by atoms with Crippen molar-refractivity contribution in [2.75, 3.05) is 0 Å². The highest BCUT2D eigenvalue weighted by atomic mass is 14.3. The standard InChI is InChI=1S/C29H50/c1-3-5-6-7-8-9-11-25-14-18-27(19-15-25)29-22-20-28(21-23-29)26-16-12-24(10-4-2)13-17-26/h20,22-28H,3-19,21H2,1-2H3. The van der Waals surface area contributed by atoms with E-state index < -0.39 is 0 Å². The molecule has 0 nitrogen and oxygen atoms in total. The second-order valence-electron chi connectivity index (χ2n) is 10.8. The molecule has 0 spiro atoms. The Balaban J connectivity index is 1.31. The smallest absolute Gasteiger partial charge is 0.0165 e. The van der Waals surface area contributed by atoms with Crippen LogP contribution in [-0.4, -0.2) is 0 Å². The normalized spacial score (nSPS) is 32.9. The number of rotatable bonds is 11. The predicted molar refractivity (Wildman–Crippen MR) is 129 cm³/mol. The number of hydrogen-bond donors (Lipinski definition) is 0. The van der Waals surface area contributed by atoms with Crippen molar-refractivity contribution in [2.24, 2.45) is 29.6 Å². The summed E-state index contributed by atoms with van der Waals surface area (Å²) in [6.45, 7) is 4.67. The van der Waals surface area contributed by atoms with E-state index in [9.17, 15) is 0 Å². The van der Waals surface area contributed by atoms with Crippen molar-refractivity contribution in [3.05, 3.63) is 23.8 Å². The minimum absolute atomic E-state index is 0.852. The monoisotopic (exact) mass is 398 g/mol. The Morgan fingerprint density at radius 1 is 0.690 bits per heavy atom. The molecule has 0 heteroatoms. The van der Waals surface area contributed by atoms with Gasteiger partial charge in [0.2, 0.25) is 0 Å².